The van der Waals surface area contributed by atoms with E-state index >= 15 is 0 Å². The second-order valence-electron chi connectivity index (χ2n) is 5.83. The van der Waals surface area contributed by atoms with Gasteiger partial charge < -0.3 is 19.9 Å². The highest BCUT2D eigenvalue weighted by Crippen LogP contribution is 2.26. The molecule has 2 atom stereocenters. The number of ether oxygens (including phenoxy) is 2. The van der Waals surface area contributed by atoms with Crippen LogP contribution in [0.3, 0.4) is 0 Å². The molecular formula is C17H23NO5. The number of carbonyl (C=O) groups excluding carboxylic acids is 1. The number of rotatable bonds is 7. The fourth-order valence-electron chi connectivity index (χ4n) is 2.91. The standard InChI is InChI=1S/C17H23NO5/c1-22-14-7-11(8-15(10-14)23-2)3-6-16(19)18-13-5-4-12(9-13)17(20)21/h7-8,10,12-13H,3-6,9H2,1-2H3,(H,18,19)(H,20,21)/t12-,13+/m1/s1. The summed E-state index contributed by atoms with van der Waals surface area (Å²) in [7, 11) is 3.18. The highest BCUT2D eigenvalue weighted by atomic mass is 16.5. The van der Waals surface area contributed by atoms with Crippen LogP contribution < -0.4 is 14.8 Å². The molecule has 1 aromatic rings. The minimum Gasteiger partial charge on any atom is -0.497 e. The molecule has 0 spiro atoms. The third-order valence-corrected chi connectivity index (χ3v) is 4.20. The summed E-state index contributed by atoms with van der Waals surface area (Å²) in [5, 5.41) is 11.9. The Balaban J connectivity index is 1.84. The van der Waals surface area contributed by atoms with Crippen molar-refractivity contribution in [2.75, 3.05) is 14.2 Å². The number of hydrogen-bond donors (Lipinski definition) is 2. The molecule has 0 bridgehead atoms. The van der Waals surface area contributed by atoms with Crippen molar-refractivity contribution >= 4 is 11.9 Å². The van der Waals surface area contributed by atoms with Gasteiger partial charge in [-0.15, -0.1) is 0 Å². The Kier molecular flexibility index (Phi) is 5.84. The molecule has 1 aromatic carbocycles. The molecule has 0 saturated heterocycles. The fourth-order valence-corrected chi connectivity index (χ4v) is 2.91. The van der Waals surface area contributed by atoms with Gasteiger partial charge in [0.05, 0.1) is 20.1 Å². The summed E-state index contributed by atoms with van der Waals surface area (Å²) in [6.45, 7) is 0. The normalized spacial score (nSPS) is 20.1. The van der Waals surface area contributed by atoms with Crippen molar-refractivity contribution in [1.29, 1.82) is 0 Å². The van der Waals surface area contributed by atoms with Crippen LogP contribution in [0.4, 0.5) is 0 Å². The highest BCUT2D eigenvalue weighted by Gasteiger charge is 2.30. The van der Waals surface area contributed by atoms with Gasteiger partial charge in [-0.2, -0.15) is 0 Å². The zero-order valence-corrected chi connectivity index (χ0v) is 13.5. The van der Waals surface area contributed by atoms with E-state index in [-0.39, 0.29) is 17.9 Å². The predicted molar refractivity (Wildman–Crippen MR) is 84.8 cm³/mol. The van der Waals surface area contributed by atoms with Crippen LogP contribution in [0, 0.1) is 5.92 Å². The zero-order valence-electron chi connectivity index (χ0n) is 13.5. The quantitative estimate of drug-likeness (QED) is 0.802. The lowest BCUT2D eigenvalue weighted by atomic mass is 10.1. The van der Waals surface area contributed by atoms with Gasteiger partial charge in [0.2, 0.25) is 5.91 Å². The number of nitrogens with one attached hydrogen (secondary N) is 1. The van der Waals surface area contributed by atoms with E-state index in [1.807, 2.05) is 12.1 Å². The van der Waals surface area contributed by atoms with Crippen molar-refractivity contribution in [1.82, 2.24) is 5.32 Å². The molecule has 1 fully saturated rings. The van der Waals surface area contributed by atoms with Crippen molar-refractivity contribution in [3.8, 4) is 11.5 Å². The maximum absolute atomic E-state index is 12.0. The molecule has 0 unspecified atom stereocenters. The van der Waals surface area contributed by atoms with Crippen molar-refractivity contribution < 1.29 is 24.2 Å². The summed E-state index contributed by atoms with van der Waals surface area (Å²) >= 11 is 0. The summed E-state index contributed by atoms with van der Waals surface area (Å²) in [5.41, 5.74) is 0.964. The van der Waals surface area contributed by atoms with Crippen LogP contribution in [-0.2, 0) is 16.0 Å². The Labute approximate surface area is 135 Å². The predicted octanol–water partition coefficient (Wildman–Crippen LogP) is 2.01. The average molecular weight is 321 g/mol. The number of carboxylic acids is 1. The first-order valence-corrected chi connectivity index (χ1v) is 7.76. The van der Waals surface area contributed by atoms with Crippen molar-refractivity contribution in [2.45, 2.75) is 38.1 Å². The molecule has 0 heterocycles. The summed E-state index contributed by atoms with van der Waals surface area (Å²) in [6, 6.07) is 5.52. The second-order valence-corrected chi connectivity index (χ2v) is 5.83. The van der Waals surface area contributed by atoms with Crippen LogP contribution >= 0.6 is 0 Å². The van der Waals surface area contributed by atoms with Gasteiger partial charge in [-0.1, -0.05) is 0 Å². The molecule has 0 aromatic heterocycles. The number of aryl methyl sites for hydroxylation is 1. The Bertz CT molecular complexity index is 550. The summed E-state index contributed by atoms with van der Waals surface area (Å²) in [6.07, 6.45) is 2.82. The zero-order chi connectivity index (χ0) is 16.8. The van der Waals surface area contributed by atoms with Crippen LogP contribution in [0.5, 0.6) is 11.5 Å². The van der Waals surface area contributed by atoms with E-state index in [1.165, 1.54) is 0 Å². The second kappa shape index (κ2) is 7.85. The van der Waals surface area contributed by atoms with Gasteiger partial charge >= 0.3 is 5.97 Å². The number of benzene rings is 1. The number of aliphatic carboxylic acids is 1. The number of hydrogen-bond acceptors (Lipinski definition) is 4. The molecule has 2 N–H and O–H groups in total. The Morgan fingerprint density at radius 1 is 1.17 bits per heavy atom. The molecular weight excluding hydrogens is 298 g/mol. The molecule has 126 valence electrons. The molecule has 1 amide bonds. The first-order chi connectivity index (χ1) is 11.0. The molecule has 23 heavy (non-hydrogen) atoms. The average Bonchev–Trinajstić information content (AvgIpc) is 3.01. The van der Waals surface area contributed by atoms with Crippen LogP contribution in [0.15, 0.2) is 18.2 Å². The lowest BCUT2D eigenvalue weighted by Crippen LogP contribution is -2.33. The van der Waals surface area contributed by atoms with E-state index in [4.69, 9.17) is 14.6 Å². The monoisotopic (exact) mass is 321 g/mol. The maximum atomic E-state index is 12.0. The van der Waals surface area contributed by atoms with Gasteiger partial charge in [-0.3, -0.25) is 9.59 Å². The van der Waals surface area contributed by atoms with E-state index in [9.17, 15) is 9.59 Å². The molecule has 6 heteroatoms. The minimum atomic E-state index is -0.773. The Morgan fingerprint density at radius 2 is 1.83 bits per heavy atom. The van der Waals surface area contributed by atoms with Crippen LogP contribution in [0.2, 0.25) is 0 Å². The first-order valence-electron chi connectivity index (χ1n) is 7.76. The fraction of sp³-hybridized carbons (Fsp3) is 0.529. The molecule has 0 aliphatic heterocycles. The summed E-state index contributed by atoms with van der Waals surface area (Å²) in [5.74, 6) is 0.232. The topological polar surface area (TPSA) is 84.9 Å². The largest absolute Gasteiger partial charge is 0.497 e. The molecule has 2 rings (SSSR count). The molecule has 1 aliphatic rings. The van der Waals surface area contributed by atoms with E-state index in [2.05, 4.69) is 5.32 Å². The minimum absolute atomic E-state index is 0.0246. The van der Waals surface area contributed by atoms with E-state index < -0.39 is 5.97 Å². The van der Waals surface area contributed by atoms with E-state index in [0.717, 1.165) is 12.0 Å². The van der Waals surface area contributed by atoms with E-state index in [1.54, 1.807) is 20.3 Å². The van der Waals surface area contributed by atoms with Crippen LogP contribution in [0.25, 0.3) is 0 Å². The van der Waals surface area contributed by atoms with E-state index in [0.29, 0.717) is 37.2 Å². The number of carboxylic acid groups (broad SMARTS) is 1. The number of amides is 1. The number of carbonyl (C=O) groups is 2. The molecule has 1 saturated carbocycles. The van der Waals surface area contributed by atoms with Crippen molar-refractivity contribution in [3.05, 3.63) is 23.8 Å². The lowest BCUT2D eigenvalue weighted by molar-refractivity contribution is -0.141. The van der Waals surface area contributed by atoms with Gasteiger partial charge in [0.15, 0.2) is 0 Å². The van der Waals surface area contributed by atoms with Gasteiger partial charge in [0.25, 0.3) is 0 Å². The van der Waals surface area contributed by atoms with Gasteiger partial charge in [-0.05, 0) is 43.4 Å². The smallest absolute Gasteiger partial charge is 0.306 e. The van der Waals surface area contributed by atoms with Crippen LogP contribution in [-0.4, -0.2) is 37.2 Å². The first kappa shape index (κ1) is 17.1. The third kappa shape index (κ3) is 4.87. The SMILES string of the molecule is COc1cc(CCC(=O)N[C@H]2CC[C@@H](C(=O)O)C2)cc(OC)c1. The molecule has 6 nitrogen and oxygen atoms in total. The van der Waals surface area contributed by atoms with Gasteiger partial charge in [-0.25, -0.2) is 0 Å². The highest BCUT2D eigenvalue weighted by molar-refractivity contribution is 5.77. The van der Waals surface area contributed by atoms with Crippen molar-refractivity contribution in [2.24, 2.45) is 5.92 Å². The van der Waals surface area contributed by atoms with Crippen molar-refractivity contribution in [3.63, 3.8) is 0 Å². The van der Waals surface area contributed by atoms with Gasteiger partial charge in [0.1, 0.15) is 11.5 Å². The van der Waals surface area contributed by atoms with Gasteiger partial charge in [0, 0.05) is 18.5 Å². The lowest BCUT2D eigenvalue weighted by Gasteiger charge is -2.13. The Hall–Kier alpha value is -2.24. The van der Waals surface area contributed by atoms with Crippen LogP contribution in [0.1, 0.15) is 31.2 Å². The summed E-state index contributed by atoms with van der Waals surface area (Å²) in [4.78, 5) is 23.0. The Morgan fingerprint density at radius 3 is 2.35 bits per heavy atom. The molecule has 1 aliphatic carbocycles. The third-order valence-electron chi connectivity index (χ3n) is 4.20. The maximum Gasteiger partial charge on any atom is 0.306 e. The summed E-state index contributed by atoms with van der Waals surface area (Å²) < 4.78 is 10.4. The molecule has 0 radical (unpaired) electrons. The number of methoxy groups -OCH3 is 2.